The molecule has 4 heterocycles. The van der Waals surface area contributed by atoms with Crippen molar-refractivity contribution in [1.29, 1.82) is 0 Å². The number of nitrogens with one attached hydrogen (secondary N) is 1. The smallest absolute Gasteiger partial charge is 0.238 e. The third kappa shape index (κ3) is 5.69. The number of aliphatic hydroxyl groups is 2. The highest BCUT2D eigenvalue weighted by atomic mass is 16.5. The summed E-state index contributed by atoms with van der Waals surface area (Å²) in [5.74, 6) is -0.682. The number of benzene rings is 2. The summed E-state index contributed by atoms with van der Waals surface area (Å²) < 4.78 is 12.1. The number of anilines is 3. The van der Waals surface area contributed by atoms with Crippen molar-refractivity contribution >= 4 is 40.5 Å². The third-order valence-corrected chi connectivity index (χ3v) is 9.21. The number of ether oxygens (including phenoxy) is 1. The summed E-state index contributed by atoms with van der Waals surface area (Å²) in [7, 11) is 0. The highest BCUT2D eigenvalue weighted by molar-refractivity contribution is 6.22. The number of rotatable bonds is 10. The van der Waals surface area contributed by atoms with Gasteiger partial charge < -0.3 is 24.7 Å². The van der Waals surface area contributed by atoms with Gasteiger partial charge in [-0.15, -0.1) is 0 Å². The number of aliphatic hydroxyl groups excluding tert-OH is 2. The van der Waals surface area contributed by atoms with Crippen molar-refractivity contribution in [3.8, 4) is 0 Å². The molecule has 0 unspecified atom stereocenters. The first kappa shape index (κ1) is 29.9. The first-order chi connectivity index (χ1) is 22.5. The summed E-state index contributed by atoms with van der Waals surface area (Å²) in [6.07, 6.45) is 4.89. The average Bonchev–Trinajstić information content (AvgIpc) is 3.80. The van der Waals surface area contributed by atoms with Gasteiger partial charge in [-0.2, -0.15) is 0 Å². The summed E-state index contributed by atoms with van der Waals surface area (Å²) in [5, 5.41) is 23.2. The fourth-order valence-electron chi connectivity index (χ4n) is 7.10. The quantitative estimate of drug-likeness (QED) is 0.152. The highest BCUT2D eigenvalue weighted by Gasteiger charge is 2.57. The molecule has 7 rings (SSSR count). The number of imide groups is 1. The number of nitrogens with zero attached hydrogens (tertiary/aromatic N) is 2. The molecule has 2 aromatic carbocycles. The molecule has 0 radical (unpaired) electrons. The van der Waals surface area contributed by atoms with Crippen molar-refractivity contribution < 1.29 is 29.0 Å². The van der Waals surface area contributed by atoms with Crippen LogP contribution < -0.4 is 10.2 Å². The third-order valence-electron chi connectivity index (χ3n) is 9.21. The van der Waals surface area contributed by atoms with Gasteiger partial charge in [0, 0.05) is 23.5 Å². The van der Waals surface area contributed by atoms with Crippen LogP contribution in [0.4, 0.5) is 17.1 Å². The van der Waals surface area contributed by atoms with E-state index >= 15 is 0 Å². The lowest BCUT2D eigenvalue weighted by atomic mass is 9.69. The Morgan fingerprint density at radius 3 is 2.39 bits per heavy atom. The molecule has 2 fully saturated rings. The lowest BCUT2D eigenvalue weighted by Crippen LogP contribution is -2.35. The number of para-hydroxylation sites is 1. The summed E-state index contributed by atoms with van der Waals surface area (Å²) >= 11 is 0. The van der Waals surface area contributed by atoms with Crippen LogP contribution in [0, 0.1) is 17.8 Å². The van der Waals surface area contributed by atoms with Gasteiger partial charge in [0.25, 0.3) is 0 Å². The standard InChI is InChI=1S/C37H35N3O6/c41-20-24-19-30-35(37(44)40(36(30)43)27-12-10-26(11-13-27)39-25-6-2-1-3-7-25)31-22-45-33(34(24)31)16-9-23(32-8-4-5-17-38-32)18-28-14-15-29(21-42)46-28/h1-8,10-15,17-18,30-31,33,35,39,41-42H,9,16,19-22H2/b23-18-/t30-,31+,33-,35-/m1/s1. The van der Waals surface area contributed by atoms with E-state index < -0.39 is 11.8 Å². The monoisotopic (exact) mass is 617 g/mol. The predicted molar refractivity (Wildman–Crippen MR) is 174 cm³/mol. The van der Waals surface area contributed by atoms with Gasteiger partial charge in [0.05, 0.1) is 42.5 Å². The topological polar surface area (TPSA) is 125 Å². The molecule has 0 spiro atoms. The number of carbonyl (C=O) groups excluding carboxylic acids is 2. The first-order valence-electron chi connectivity index (χ1n) is 15.6. The number of hydrogen-bond acceptors (Lipinski definition) is 8. The van der Waals surface area contributed by atoms with Gasteiger partial charge in [0.2, 0.25) is 11.8 Å². The Labute approximate surface area is 266 Å². The zero-order valence-electron chi connectivity index (χ0n) is 25.2. The normalized spacial score (nSPS) is 22.7. The molecule has 3 aliphatic rings. The maximum absolute atomic E-state index is 14.0. The zero-order valence-corrected chi connectivity index (χ0v) is 25.2. The Morgan fingerprint density at radius 1 is 0.891 bits per heavy atom. The Balaban J connectivity index is 1.10. The summed E-state index contributed by atoms with van der Waals surface area (Å²) in [4.78, 5) is 33.5. The zero-order chi connectivity index (χ0) is 31.6. The van der Waals surface area contributed by atoms with Crippen molar-refractivity contribution in [2.75, 3.05) is 23.4 Å². The Morgan fingerprint density at radius 2 is 1.67 bits per heavy atom. The van der Waals surface area contributed by atoms with Crippen molar-refractivity contribution in [3.63, 3.8) is 0 Å². The van der Waals surface area contributed by atoms with E-state index in [1.54, 1.807) is 24.4 Å². The molecule has 2 aromatic heterocycles. The van der Waals surface area contributed by atoms with Crippen LogP contribution >= 0.6 is 0 Å². The fraction of sp³-hybridized carbons (Fsp3) is 0.270. The molecule has 9 heteroatoms. The van der Waals surface area contributed by atoms with Crippen LogP contribution in [0.2, 0.25) is 0 Å². The van der Waals surface area contributed by atoms with Gasteiger partial charge in [-0.1, -0.05) is 24.3 Å². The number of amides is 2. The molecule has 9 nitrogen and oxygen atoms in total. The van der Waals surface area contributed by atoms with E-state index in [-0.39, 0.29) is 37.0 Å². The second kappa shape index (κ2) is 12.9. The molecule has 3 N–H and O–H groups in total. The molecule has 2 aliphatic heterocycles. The van der Waals surface area contributed by atoms with Crippen LogP contribution in [0.15, 0.2) is 107 Å². The van der Waals surface area contributed by atoms with Gasteiger partial charge in [0.1, 0.15) is 18.1 Å². The van der Waals surface area contributed by atoms with E-state index in [2.05, 4.69) is 10.3 Å². The van der Waals surface area contributed by atoms with Crippen molar-refractivity contribution in [2.45, 2.75) is 32.0 Å². The lowest BCUT2D eigenvalue weighted by Gasteiger charge is -2.31. The molecular weight excluding hydrogens is 582 g/mol. The lowest BCUT2D eigenvalue weighted by molar-refractivity contribution is -0.122. The van der Waals surface area contributed by atoms with Crippen LogP contribution in [0.1, 0.15) is 36.5 Å². The van der Waals surface area contributed by atoms with E-state index in [1.807, 2.05) is 72.8 Å². The van der Waals surface area contributed by atoms with Gasteiger partial charge in [-0.3, -0.25) is 19.5 Å². The molecule has 0 bridgehead atoms. The van der Waals surface area contributed by atoms with Crippen molar-refractivity contribution in [3.05, 3.63) is 119 Å². The molecular formula is C37H35N3O6. The highest BCUT2D eigenvalue weighted by Crippen LogP contribution is 2.50. The Kier molecular flexibility index (Phi) is 8.36. The van der Waals surface area contributed by atoms with Crippen molar-refractivity contribution in [2.24, 2.45) is 17.8 Å². The molecule has 46 heavy (non-hydrogen) atoms. The van der Waals surface area contributed by atoms with Crippen LogP contribution in [0.3, 0.4) is 0 Å². The minimum Gasteiger partial charge on any atom is -0.459 e. The van der Waals surface area contributed by atoms with Gasteiger partial charge >= 0.3 is 0 Å². The van der Waals surface area contributed by atoms with Gasteiger partial charge in [0.15, 0.2) is 0 Å². The molecule has 2 saturated heterocycles. The van der Waals surface area contributed by atoms with E-state index in [0.717, 1.165) is 33.8 Å². The number of pyridine rings is 1. The predicted octanol–water partition coefficient (Wildman–Crippen LogP) is 5.74. The summed E-state index contributed by atoms with van der Waals surface area (Å²) in [6, 6.07) is 26.4. The minimum absolute atomic E-state index is 0.181. The molecule has 4 atom stereocenters. The van der Waals surface area contributed by atoms with E-state index in [4.69, 9.17) is 9.15 Å². The fourth-order valence-corrected chi connectivity index (χ4v) is 7.10. The van der Waals surface area contributed by atoms with E-state index in [0.29, 0.717) is 43.1 Å². The number of hydrogen-bond donors (Lipinski definition) is 3. The number of aromatic nitrogens is 1. The number of allylic oxidation sites excluding steroid dienone is 1. The van der Waals surface area contributed by atoms with Crippen LogP contribution in [0.5, 0.6) is 0 Å². The van der Waals surface area contributed by atoms with Gasteiger partial charge in [-0.05, 0) is 103 Å². The minimum atomic E-state index is -0.532. The van der Waals surface area contributed by atoms with Gasteiger partial charge in [-0.25, -0.2) is 0 Å². The molecule has 0 saturated carbocycles. The largest absolute Gasteiger partial charge is 0.459 e. The maximum Gasteiger partial charge on any atom is 0.238 e. The SMILES string of the molecule is O=C1[C@@H]2[C@@H](CC(CO)=C3[C@@H](CC/C(=C/c4ccc(CO)o4)c4ccccn4)OC[C@@H]32)C(=O)N1c1ccc(Nc2ccccc2)cc1. The second-order valence-electron chi connectivity index (χ2n) is 11.9. The molecule has 4 aromatic rings. The molecule has 234 valence electrons. The van der Waals surface area contributed by atoms with Crippen LogP contribution in [0.25, 0.3) is 11.6 Å². The van der Waals surface area contributed by atoms with E-state index in [9.17, 15) is 19.8 Å². The van der Waals surface area contributed by atoms with Crippen LogP contribution in [-0.4, -0.2) is 46.3 Å². The second-order valence-corrected chi connectivity index (χ2v) is 11.9. The summed E-state index contributed by atoms with van der Waals surface area (Å²) in [6.45, 7) is -0.0482. The van der Waals surface area contributed by atoms with Crippen molar-refractivity contribution in [1.82, 2.24) is 4.98 Å². The Hall–Kier alpha value is -4.83. The maximum atomic E-state index is 14.0. The number of fused-ring (bicyclic) bond motifs is 3. The number of carbonyl (C=O) groups is 2. The summed E-state index contributed by atoms with van der Waals surface area (Å²) in [5.41, 5.74) is 5.82. The molecule has 2 amide bonds. The first-order valence-corrected chi connectivity index (χ1v) is 15.6. The van der Waals surface area contributed by atoms with Crippen LogP contribution in [-0.2, 0) is 20.9 Å². The average molecular weight is 618 g/mol. The molecule has 1 aliphatic carbocycles. The Bertz CT molecular complexity index is 1780. The number of furan rings is 1. The van der Waals surface area contributed by atoms with E-state index in [1.165, 1.54) is 4.90 Å².